The highest BCUT2D eigenvalue weighted by Crippen LogP contribution is 2.35. The van der Waals surface area contributed by atoms with Crippen LogP contribution in [0, 0.1) is 0 Å². The Hall–Kier alpha value is -4.23. The number of hydrogen-bond acceptors (Lipinski definition) is 6. The molecule has 5 aromatic rings. The molecule has 0 unspecified atom stereocenters. The van der Waals surface area contributed by atoms with Crippen LogP contribution in [0.2, 0.25) is 0 Å². The molecule has 0 spiro atoms. The highest BCUT2D eigenvalue weighted by molar-refractivity contribution is 6.09. The van der Waals surface area contributed by atoms with Gasteiger partial charge in [0, 0.05) is 59.3 Å². The number of aromatic amines is 1. The Morgan fingerprint density at radius 3 is 2.62 bits per heavy atom. The van der Waals surface area contributed by atoms with Crippen LogP contribution in [0.3, 0.4) is 0 Å². The summed E-state index contributed by atoms with van der Waals surface area (Å²) in [5, 5.41) is 12.6. The van der Waals surface area contributed by atoms with E-state index in [1.54, 1.807) is 30.6 Å². The first-order chi connectivity index (χ1) is 18.0. The maximum absolute atomic E-state index is 13.5. The predicted octanol–water partition coefficient (Wildman–Crippen LogP) is 5.25. The quantitative estimate of drug-likeness (QED) is 0.327. The van der Waals surface area contributed by atoms with Gasteiger partial charge in [0.05, 0.1) is 11.0 Å². The average molecular weight is 492 g/mol. The van der Waals surface area contributed by atoms with Crippen LogP contribution >= 0.6 is 0 Å². The van der Waals surface area contributed by atoms with Crippen molar-refractivity contribution in [2.45, 2.75) is 18.9 Å². The molecule has 1 saturated heterocycles. The molecule has 1 fully saturated rings. The molecule has 6 rings (SSSR count). The molecular weight excluding hydrogens is 462 g/mol. The van der Waals surface area contributed by atoms with Crippen LogP contribution in [-0.4, -0.2) is 64.0 Å². The smallest absolute Gasteiger partial charge is 0.228 e. The first-order valence-corrected chi connectivity index (χ1v) is 12.6. The fourth-order valence-corrected chi connectivity index (χ4v) is 5.30. The van der Waals surface area contributed by atoms with E-state index in [4.69, 9.17) is 0 Å². The topological polar surface area (TPSA) is 85.3 Å². The lowest BCUT2D eigenvalue weighted by atomic mass is 9.97. The fraction of sp³-hybridized carbons (Fsp3) is 0.233. The number of rotatable bonds is 5. The first kappa shape index (κ1) is 23.2. The van der Waals surface area contributed by atoms with Crippen molar-refractivity contribution in [3.8, 4) is 16.9 Å². The molecule has 3 aromatic carbocycles. The number of H-pyrrole nitrogens is 1. The van der Waals surface area contributed by atoms with Crippen LogP contribution in [0.5, 0.6) is 5.75 Å². The molecule has 1 aliphatic heterocycles. The van der Waals surface area contributed by atoms with E-state index < -0.39 is 0 Å². The zero-order valence-corrected chi connectivity index (χ0v) is 21.0. The molecule has 0 atom stereocenters. The second kappa shape index (κ2) is 9.33. The number of piperidine rings is 1. The summed E-state index contributed by atoms with van der Waals surface area (Å²) < 4.78 is 0. The minimum Gasteiger partial charge on any atom is -0.507 e. The lowest BCUT2D eigenvalue weighted by Gasteiger charge is -2.36. The number of nitrogens with zero attached hydrogens (tertiary/aromatic N) is 4. The van der Waals surface area contributed by atoms with E-state index in [1.165, 1.54) is 0 Å². The van der Waals surface area contributed by atoms with Gasteiger partial charge in [-0.3, -0.25) is 9.78 Å². The zero-order chi connectivity index (χ0) is 25.5. The first-order valence-electron chi connectivity index (χ1n) is 12.6. The Balaban J connectivity index is 1.30. The van der Waals surface area contributed by atoms with E-state index in [2.05, 4.69) is 51.0 Å². The molecule has 7 nitrogen and oxygen atoms in total. The molecule has 2 aromatic heterocycles. The van der Waals surface area contributed by atoms with Gasteiger partial charge >= 0.3 is 0 Å². The number of aromatic hydroxyl groups is 1. The van der Waals surface area contributed by atoms with Gasteiger partial charge < -0.3 is 19.9 Å². The Kier molecular flexibility index (Phi) is 5.85. The number of benzene rings is 3. The molecule has 0 aliphatic carbocycles. The van der Waals surface area contributed by atoms with E-state index >= 15 is 0 Å². The summed E-state index contributed by atoms with van der Waals surface area (Å²) >= 11 is 0. The number of imidazole rings is 1. The van der Waals surface area contributed by atoms with Crippen LogP contribution in [0.25, 0.3) is 32.9 Å². The van der Waals surface area contributed by atoms with Crippen molar-refractivity contribution in [1.29, 1.82) is 0 Å². The lowest BCUT2D eigenvalue weighted by Crippen LogP contribution is -2.41. The molecule has 186 valence electrons. The predicted molar refractivity (Wildman–Crippen MR) is 147 cm³/mol. The number of hydrogen-bond donors (Lipinski definition) is 2. The van der Waals surface area contributed by atoms with Crippen molar-refractivity contribution in [1.82, 2.24) is 19.9 Å². The normalized spacial score (nSPS) is 14.6. The Bertz CT molecular complexity index is 1610. The Morgan fingerprint density at radius 2 is 1.81 bits per heavy atom. The molecule has 7 heteroatoms. The maximum atomic E-state index is 13.5. The van der Waals surface area contributed by atoms with Crippen molar-refractivity contribution in [2.75, 3.05) is 32.1 Å². The number of fused-ring (bicyclic) bond motifs is 2. The van der Waals surface area contributed by atoms with E-state index in [0.29, 0.717) is 17.2 Å². The van der Waals surface area contributed by atoms with Crippen molar-refractivity contribution in [3.05, 3.63) is 84.4 Å². The molecular formula is C30H29N5O2. The summed E-state index contributed by atoms with van der Waals surface area (Å²) in [4.78, 5) is 30.3. The maximum Gasteiger partial charge on any atom is 0.228 e. The van der Waals surface area contributed by atoms with E-state index in [1.807, 2.05) is 30.3 Å². The summed E-state index contributed by atoms with van der Waals surface area (Å²) in [6, 6.07) is 19.5. The van der Waals surface area contributed by atoms with Crippen LogP contribution in [0.1, 0.15) is 29.0 Å². The number of phenols is 1. The average Bonchev–Trinajstić information content (AvgIpc) is 3.36. The third-order valence-electron chi connectivity index (χ3n) is 7.46. The zero-order valence-electron chi connectivity index (χ0n) is 21.0. The number of anilines is 1. The number of ketones is 1. The Labute approximate surface area is 215 Å². The number of aromatic nitrogens is 3. The number of pyridine rings is 1. The number of phenolic OH excluding ortho intramolecular Hbond substituents is 1. The summed E-state index contributed by atoms with van der Waals surface area (Å²) in [6.07, 6.45) is 5.77. The van der Waals surface area contributed by atoms with E-state index in [0.717, 1.165) is 59.0 Å². The largest absolute Gasteiger partial charge is 0.507 e. The second-order valence-electron chi connectivity index (χ2n) is 9.94. The van der Waals surface area contributed by atoms with Crippen molar-refractivity contribution >= 4 is 33.3 Å². The van der Waals surface area contributed by atoms with E-state index in [-0.39, 0.29) is 17.4 Å². The van der Waals surface area contributed by atoms with Gasteiger partial charge in [-0.1, -0.05) is 24.3 Å². The van der Waals surface area contributed by atoms with Gasteiger partial charge in [-0.25, -0.2) is 4.98 Å². The van der Waals surface area contributed by atoms with Gasteiger partial charge in [-0.2, -0.15) is 0 Å². The van der Waals surface area contributed by atoms with Crippen LogP contribution in [0.4, 0.5) is 5.69 Å². The third-order valence-corrected chi connectivity index (χ3v) is 7.46. The van der Waals surface area contributed by atoms with Gasteiger partial charge in [-0.15, -0.1) is 0 Å². The number of carbonyl (C=O) groups excluding carboxylic acids is 1. The van der Waals surface area contributed by atoms with Crippen molar-refractivity contribution in [2.24, 2.45) is 0 Å². The molecule has 37 heavy (non-hydrogen) atoms. The molecule has 0 saturated carbocycles. The van der Waals surface area contributed by atoms with Gasteiger partial charge in [0.15, 0.2) is 5.82 Å². The van der Waals surface area contributed by atoms with Gasteiger partial charge in [0.25, 0.3) is 0 Å². The minimum atomic E-state index is -0.223. The highest BCUT2D eigenvalue weighted by Gasteiger charge is 2.22. The Morgan fingerprint density at radius 1 is 1.00 bits per heavy atom. The molecule has 3 heterocycles. The van der Waals surface area contributed by atoms with Gasteiger partial charge in [-0.05, 0) is 68.7 Å². The monoisotopic (exact) mass is 491 g/mol. The SMILES string of the molecule is CN(C)C1CCN(c2ccc3nc(C(=O)c4ccc(O)c(-c5cncc6ccccc56)c4)[nH]c3c2)CC1. The molecule has 0 radical (unpaired) electrons. The number of nitrogens with one attached hydrogen (secondary N) is 1. The van der Waals surface area contributed by atoms with Crippen molar-refractivity contribution in [3.63, 3.8) is 0 Å². The molecule has 1 aliphatic rings. The second-order valence-corrected chi connectivity index (χ2v) is 9.94. The molecule has 2 N–H and O–H groups in total. The molecule has 0 amide bonds. The third kappa shape index (κ3) is 4.32. The fourth-order valence-electron chi connectivity index (χ4n) is 5.30. The summed E-state index contributed by atoms with van der Waals surface area (Å²) in [5.41, 5.74) is 4.53. The summed E-state index contributed by atoms with van der Waals surface area (Å²) in [6.45, 7) is 2.02. The van der Waals surface area contributed by atoms with Crippen LogP contribution in [-0.2, 0) is 0 Å². The van der Waals surface area contributed by atoms with Crippen LogP contribution in [0.15, 0.2) is 73.1 Å². The summed E-state index contributed by atoms with van der Waals surface area (Å²) in [5.74, 6) is 0.159. The minimum absolute atomic E-state index is 0.0991. The number of carbonyl (C=O) groups is 1. The highest BCUT2D eigenvalue weighted by atomic mass is 16.3. The lowest BCUT2D eigenvalue weighted by molar-refractivity contribution is 0.103. The summed E-state index contributed by atoms with van der Waals surface area (Å²) in [7, 11) is 4.29. The molecule has 0 bridgehead atoms. The van der Waals surface area contributed by atoms with Gasteiger partial charge in [0.1, 0.15) is 5.75 Å². The van der Waals surface area contributed by atoms with E-state index in [9.17, 15) is 9.90 Å². The standard InChI is InChI=1S/C30H29N5O2/c1-34(2)21-11-13-35(14-12-21)22-8-9-26-27(16-22)33-30(32-26)29(37)19-7-10-28(36)24(15-19)25-18-31-17-20-5-3-4-6-23(20)25/h3-10,15-18,21,36H,11-14H2,1-2H3,(H,32,33). The van der Waals surface area contributed by atoms with Crippen molar-refractivity contribution < 1.29 is 9.90 Å². The van der Waals surface area contributed by atoms with Gasteiger partial charge in [0.2, 0.25) is 5.78 Å². The van der Waals surface area contributed by atoms with Crippen LogP contribution < -0.4 is 4.90 Å².